The highest BCUT2D eigenvalue weighted by Crippen LogP contribution is 2.38. The Bertz CT molecular complexity index is 613. The van der Waals surface area contributed by atoms with Crippen LogP contribution in [0.5, 0.6) is 5.75 Å². The number of rotatable bonds is 5. The minimum Gasteiger partial charge on any atom is -0.481 e. The number of sulfonamides is 1. The Hall–Kier alpha value is -1.76. The van der Waals surface area contributed by atoms with E-state index in [1.807, 2.05) is 6.92 Å². The molecule has 0 aliphatic carbocycles. The summed E-state index contributed by atoms with van der Waals surface area (Å²) in [6, 6.07) is 5.03. The van der Waals surface area contributed by atoms with Crippen LogP contribution >= 0.6 is 0 Å². The van der Waals surface area contributed by atoms with E-state index in [0.29, 0.717) is 23.5 Å². The summed E-state index contributed by atoms with van der Waals surface area (Å²) in [7, 11) is -1.81. The van der Waals surface area contributed by atoms with Crippen molar-refractivity contribution in [3.05, 3.63) is 18.2 Å². The van der Waals surface area contributed by atoms with Crippen molar-refractivity contribution in [3.8, 4) is 5.75 Å². The first-order valence-corrected chi connectivity index (χ1v) is 8.12. The Morgan fingerprint density at radius 3 is 2.85 bits per heavy atom. The van der Waals surface area contributed by atoms with Gasteiger partial charge in [-0.05, 0) is 18.6 Å². The van der Waals surface area contributed by atoms with Gasteiger partial charge in [0.05, 0.1) is 11.4 Å². The molecule has 1 N–H and O–H groups in total. The van der Waals surface area contributed by atoms with Crippen LogP contribution in [0.1, 0.15) is 19.8 Å². The molecule has 0 spiro atoms. The van der Waals surface area contributed by atoms with Crippen molar-refractivity contribution in [1.82, 2.24) is 0 Å². The Labute approximate surface area is 118 Å². The number of amides is 1. The average molecular weight is 298 g/mol. The van der Waals surface area contributed by atoms with E-state index in [-0.39, 0.29) is 18.3 Å². The molecule has 0 aromatic heterocycles. The molecule has 1 heterocycles. The van der Waals surface area contributed by atoms with Crippen LogP contribution in [0, 0.1) is 0 Å². The number of anilines is 2. The third-order valence-electron chi connectivity index (χ3n) is 3.09. The molecular weight excluding hydrogens is 280 g/mol. The second kappa shape index (κ2) is 5.70. The highest BCUT2D eigenvalue weighted by atomic mass is 32.2. The average Bonchev–Trinajstić information content (AvgIpc) is 2.40. The number of ether oxygens (including phenoxy) is 1. The first kappa shape index (κ1) is 14.6. The van der Waals surface area contributed by atoms with Gasteiger partial charge in [0.2, 0.25) is 10.0 Å². The molecule has 110 valence electrons. The number of unbranched alkanes of at least 4 members (excludes halogenated alkanes) is 1. The first-order valence-electron chi connectivity index (χ1n) is 6.47. The number of carbonyl (C=O) groups excluding carboxylic acids is 1. The van der Waals surface area contributed by atoms with Crippen molar-refractivity contribution in [2.45, 2.75) is 19.8 Å². The summed E-state index contributed by atoms with van der Waals surface area (Å²) in [4.78, 5) is 13.1. The van der Waals surface area contributed by atoms with E-state index in [9.17, 15) is 13.2 Å². The number of hydrogen-bond acceptors (Lipinski definition) is 4. The van der Waals surface area contributed by atoms with Crippen molar-refractivity contribution < 1.29 is 17.9 Å². The Kier molecular flexibility index (Phi) is 4.17. The molecule has 1 aromatic carbocycles. The van der Waals surface area contributed by atoms with Gasteiger partial charge in [-0.25, -0.2) is 8.42 Å². The van der Waals surface area contributed by atoms with Crippen LogP contribution in [0.3, 0.4) is 0 Å². The molecule has 0 unspecified atom stereocenters. The summed E-state index contributed by atoms with van der Waals surface area (Å²) in [6.45, 7) is 1.90. The molecule has 0 atom stereocenters. The van der Waals surface area contributed by atoms with Gasteiger partial charge in [-0.3, -0.25) is 9.52 Å². The summed E-state index contributed by atoms with van der Waals surface area (Å²) in [5, 5.41) is 0. The number of fused-ring (bicyclic) bond motifs is 1. The molecule has 6 nitrogen and oxygen atoms in total. The lowest BCUT2D eigenvalue weighted by molar-refractivity contribution is -0.120. The fraction of sp³-hybridized carbons (Fsp3) is 0.462. The van der Waals surface area contributed by atoms with Crippen LogP contribution in [-0.4, -0.2) is 33.7 Å². The lowest BCUT2D eigenvalue weighted by atomic mass is 10.2. The van der Waals surface area contributed by atoms with Gasteiger partial charge in [-0.15, -0.1) is 0 Å². The van der Waals surface area contributed by atoms with Gasteiger partial charge in [0.25, 0.3) is 5.91 Å². The zero-order chi connectivity index (χ0) is 14.8. The number of benzene rings is 1. The first-order chi connectivity index (χ1) is 9.44. The second-order valence-electron chi connectivity index (χ2n) is 4.67. The number of carbonyl (C=O) groups is 1. The van der Waals surface area contributed by atoms with E-state index in [4.69, 9.17) is 4.74 Å². The largest absolute Gasteiger partial charge is 0.481 e. The third-order valence-corrected chi connectivity index (χ3v) is 4.45. The van der Waals surface area contributed by atoms with E-state index >= 15 is 0 Å². The fourth-order valence-corrected chi connectivity index (χ4v) is 3.25. The van der Waals surface area contributed by atoms with Crippen molar-refractivity contribution >= 4 is 27.3 Å². The van der Waals surface area contributed by atoms with Crippen LogP contribution in [0.15, 0.2) is 18.2 Å². The molecule has 20 heavy (non-hydrogen) atoms. The molecule has 7 heteroatoms. The zero-order valence-corrected chi connectivity index (χ0v) is 12.4. The van der Waals surface area contributed by atoms with Gasteiger partial charge in [0.15, 0.2) is 6.61 Å². The van der Waals surface area contributed by atoms with E-state index < -0.39 is 10.0 Å². The maximum atomic E-state index is 12.0. The lowest BCUT2D eigenvalue weighted by Gasteiger charge is -2.28. The van der Waals surface area contributed by atoms with Gasteiger partial charge in [0.1, 0.15) is 11.4 Å². The fourth-order valence-electron chi connectivity index (χ4n) is 1.98. The van der Waals surface area contributed by atoms with Gasteiger partial charge in [-0.2, -0.15) is 0 Å². The predicted molar refractivity (Wildman–Crippen MR) is 77.7 cm³/mol. The molecular formula is C13H18N2O4S. The molecule has 1 aromatic rings. The van der Waals surface area contributed by atoms with Gasteiger partial charge >= 0.3 is 0 Å². The molecule has 0 bridgehead atoms. The number of nitrogens with zero attached hydrogens (tertiary/aromatic N) is 1. The van der Waals surface area contributed by atoms with Crippen molar-refractivity contribution in [3.63, 3.8) is 0 Å². The molecule has 0 saturated carbocycles. The molecule has 0 fully saturated rings. The normalized spacial score (nSPS) is 14.7. The molecule has 1 amide bonds. The topological polar surface area (TPSA) is 75.7 Å². The summed E-state index contributed by atoms with van der Waals surface area (Å²) < 4.78 is 31.8. The van der Waals surface area contributed by atoms with Crippen LogP contribution in [0.4, 0.5) is 11.4 Å². The summed E-state index contributed by atoms with van der Waals surface area (Å²) in [5.41, 5.74) is 0.831. The molecule has 1 aliphatic rings. The van der Waals surface area contributed by atoms with Crippen molar-refractivity contribution in [1.29, 1.82) is 0 Å². The summed E-state index contributed by atoms with van der Waals surface area (Å²) in [6.07, 6.45) is 1.39. The number of likely N-dealkylation sites (N-methyl/N-ethyl adjacent to an activating group) is 1. The third kappa shape index (κ3) is 3.04. The Morgan fingerprint density at radius 2 is 2.15 bits per heavy atom. The van der Waals surface area contributed by atoms with E-state index in [0.717, 1.165) is 6.42 Å². The van der Waals surface area contributed by atoms with Crippen molar-refractivity contribution in [2.75, 3.05) is 29.0 Å². The van der Waals surface area contributed by atoms with Gasteiger partial charge < -0.3 is 9.64 Å². The van der Waals surface area contributed by atoms with E-state index in [1.165, 1.54) is 4.90 Å². The smallest absolute Gasteiger partial charge is 0.264 e. The maximum Gasteiger partial charge on any atom is 0.264 e. The maximum absolute atomic E-state index is 12.0. The number of nitrogens with one attached hydrogen (secondary N) is 1. The van der Waals surface area contributed by atoms with Crippen LogP contribution in [0.25, 0.3) is 0 Å². The zero-order valence-electron chi connectivity index (χ0n) is 11.5. The summed E-state index contributed by atoms with van der Waals surface area (Å²) in [5.74, 6) is 0.353. The minimum absolute atomic E-state index is 0.0322. The summed E-state index contributed by atoms with van der Waals surface area (Å²) >= 11 is 0. The molecule has 1 aliphatic heterocycles. The minimum atomic E-state index is -3.41. The monoisotopic (exact) mass is 298 g/mol. The highest BCUT2D eigenvalue weighted by molar-refractivity contribution is 7.92. The van der Waals surface area contributed by atoms with Crippen LogP contribution in [-0.2, 0) is 14.8 Å². The molecule has 0 radical (unpaired) electrons. The van der Waals surface area contributed by atoms with Crippen molar-refractivity contribution in [2.24, 2.45) is 0 Å². The SMILES string of the molecule is CCCCS(=O)(=O)Nc1cccc2c1N(C)C(=O)CO2. The standard InChI is InChI=1S/C13H18N2O4S/c1-3-4-8-20(17,18)14-10-6-5-7-11-13(10)15(2)12(16)9-19-11/h5-7,14H,3-4,8-9H2,1-2H3. The molecule has 2 rings (SSSR count). The Balaban J connectivity index is 2.32. The lowest BCUT2D eigenvalue weighted by Crippen LogP contribution is -2.36. The highest BCUT2D eigenvalue weighted by Gasteiger charge is 2.26. The number of hydrogen-bond donors (Lipinski definition) is 1. The number of para-hydroxylation sites is 1. The quantitative estimate of drug-likeness (QED) is 0.895. The van der Waals surface area contributed by atoms with Gasteiger partial charge in [0, 0.05) is 7.05 Å². The van der Waals surface area contributed by atoms with Crippen LogP contribution < -0.4 is 14.4 Å². The molecule has 0 saturated heterocycles. The van der Waals surface area contributed by atoms with Crippen LogP contribution in [0.2, 0.25) is 0 Å². The van der Waals surface area contributed by atoms with E-state index in [2.05, 4.69) is 4.72 Å². The second-order valence-corrected chi connectivity index (χ2v) is 6.51. The predicted octanol–water partition coefficient (Wildman–Crippen LogP) is 1.58. The van der Waals surface area contributed by atoms with Gasteiger partial charge in [-0.1, -0.05) is 19.4 Å². The van der Waals surface area contributed by atoms with E-state index in [1.54, 1.807) is 25.2 Å². The Morgan fingerprint density at radius 1 is 1.40 bits per heavy atom.